The average Bonchev–Trinajstić information content (AvgIpc) is 2.56. The predicted molar refractivity (Wildman–Crippen MR) is 83.3 cm³/mol. The Morgan fingerprint density at radius 3 is 2.50 bits per heavy atom. The third-order valence-corrected chi connectivity index (χ3v) is 2.98. The van der Waals surface area contributed by atoms with Crippen molar-refractivity contribution in [2.75, 3.05) is 19.0 Å². The summed E-state index contributed by atoms with van der Waals surface area (Å²) in [7, 11) is 1.30. The zero-order valence-corrected chi connectivity index (χ0v) is 12.5. The van der Waals surface area contributed by atoms with Gasteiger partial charge in [-0.2, -0.15) is 0 Å². The topological polar surface area (TPSA) is 64.6 Å². The van der Waals surface area contributed by atoms with E-state index in [2.05, 4.69) is 10.1 Å². The Balaban J connectivity index is 2.21. The Morgan fingerprint density at radius 1 is 1.05 bits per heavy atom. The Kier molecular flexibility index (Phi) is 5.14. The van der Waals surface area contributed by atoms with Crippen LogP contribution in [0.15, 0.2) is 48.5 Å². The molecule has 1 amide bonds. The van der Waals surface area contributed by atoms with Gasteiger partial charge >= 0.3 is 5.97 Å². The summed E-state index contributed by atoms with van der Waals surface area (Å²) in [6, 6.07) is 13.5. The lowest BCUT2D eigenvalue weighted by Gasteiger charge is -2.11. The maximum absolute atomic E-state index is 12.3. The van der Waals surface area contributed by atoms with E-state index in [1.807, 2.05) is 19.1 Å². The standard InChI is InChI=1S/C17H17NO4/c1-3-22-15-10-5-4-9-14(15)18-16(19)12-7-6-8-13(11-12)17(20)21-2/h4-11H,3H2,1-2H3,(H,18,19). The first kappa shape index (κ1) is 15.6. The van der Waals surface area contributed by atoms with E-state index in [-0.39, 0.29) is 5.91 Å². The second-order valence-electron chi connectivity index (χ2n) is 4.46. The Bertz CT molecular complexity index is 682. The van der Waals surface area contributed by atoms with Crippen molar-refractivity contribution in [2.45, 2.75) is 6.92 Å². The van der Waals surface area contributed by atoms with Gasteiger partial charge in [0.1, 0.15) is 5.75 Å². The van der Waals surface area contributed by atoms with Crippen LogP contribution in [-0.4, -0.2) is 25.6 Å². The quantitative estimate of drug-likeness (QED) is 0.862. The first-order valence-corrected chi connectivity index (χ1v) is 6.87. The van der Waals surface area contributed by atoms with E-state index in [9.17, 15) is 9.59 Å². The molecule has 2 aromatic rings. The Hall–Kier alpha value is -2.82. The summed E-state index contributed by atoms with van der Waals surface area (Å²) in [6.07, 6.45) is 0. The van der Waals surface area contributed by atoms with E-state index in [1.165, 1.54) is 13.2 Å². The number of methoxy groups -OCH3 is 1. The minimum absolute atomic E-state index is 0.321. The van der Waals surface area contributed by atoms with Gasteiger partial charge in [0.15, 0.2) is 0 Å². The molecule has 5 heteroatoms. The molecule has 0 bridgehead atoms. The second-order valence-corrected chi connectivity index (χ2v) is 4.46. The number of benzene rings is 2. The van der Waals surface area contributed by atoms with Gasteiger partial charge in [0, 0.05) is 5.56 Å². The fourth-order valence-corrected chi connectivity index (χ4v) is 1.95. The van der Waals surface area contributed by atoms with Crippen molar-refractivity contribution in [3.63, 3.8) is 0 Å². The summed E-state index contributed by atoms with van der Waals surface area (Å²) < 4.78 is 10.1. The van der Waals surface area contributed by atoms with E-state index in [0.29, 0.717) is 29.2 Å². The molecule has 0 spiro atoms. The maximum Gasteiger partial charge on any atom is 0.337 e. The number of hydrogen-bond acceptors (Lipinski definition) is 4. The van der Waals surface area contributed by atoms with Crippen LogP contribution >= 0.6 is 0 Å². The average molecular weight is 299 g/mol. The van der Waals surface area contributed by atoms with Gasteiger partial charge in [-0.25, -0.2) is 4.79 Å². The second kappa shape index (κ2) is 7.26. The van der Waals surface area contributed by atoms with Crippen molar-refractivity contribution in [1.82, 2.24) is 0 Å². The normalized spacial score (nSPS) is 9.91. The molecule has 0 atom stereocenters. The highest BCUT2D eigenvalue weighted by Gasteiger charge is 2.12. The predicted octanol–water partition coefficient (Wildman–Crippen LogP) is 3.12. The number of carbonyl (C=O) groups is 2. The van der Waals surface area contributed by atoms with E-state index < -0.39 is 5.97 Å². The molecule has 1 N–H and O–H groups in total. The van der Waals surface area contributed by atoms with Gasteiger partial charge in [-0.05, 0) is 37.3 Å². The molecule has 0 saturated heterocycles. The number of carbonyl (C=O) groups excluding carboxylic acids is 2. The molecular formula is C17H17NO4. The number of esters is 1. The highest BCUT2D eigenvalue weighted by atomic mass is 16.5. The van der Waals surface area contributed by atoms with Crippen LogP contribution < -0.4 is 10.1 Å². The third kappa shape index (κ3) is 3.63. The number of nitrogens with one attached hydrogen (secondary N) is 1. The molecule has 5 nitrogen and oxygen atoms in total. The van der Waals surface area contributed by atoms with Crippen LogP contribution in [0.5, 0.6) is 5.75 Å². The van der Waals surface area contributed by atoms with Crippen LogP contribution in [0.25, 0.3) is 0 Å². The highest BCUT2D eigenvalue weighted by molar-refractivity contribution is 6.06. The lowest BCUT2D eigenvalue weighted by Crippen LogP contribution is -2.14. The van der Waals surface area contributed by atoms with Crippen molar-refractivity contribution in [2.24, 2.45) is 0 Å². The van der Waals surface area contributed by atoms with E-state index in [0.717, 1.165) is 0 Å². The van der Waals surface area contributed by atoms with E-state index in [1.54, 1.807) is 30.3 Å². The van der Waals surface area contributed by atoms with Gasteiger partial charge in [-0.1, -0.05) is 18.2 Å². The van der Waals surface area contributed by atoms with Gasteiger partial charge < -0.3 is 14.8 Å². The lowest BCUT2D eigenvalue weighted by molar-refractivity contribution is 0.0600. The molecule has 22 heavy (non-hydrogen) atoms. The van der Waals surface area contributed by atoms with Crippen molar-refractivity contribution in [3.8, 4) is 5.75 Å². The molecule has 0 radical (unpaired) electrons. The van der Waals surface area contributed by atoms with Crippen LogP contribution in [0, 0.1) is 0 Å². The van der Waals surface area contributed by atoms with E-state index >= 15 is 0 Å². The van der Waals surface area contributed by atoms with Gasteiger partial charge in [-0.3, -0.25) is 4.79 Å². The maximum atomic E-state index is 12.3. The molecule has 0 aliphatic carbocycles. The molecular weight excluding hydrogens is 282 g/mol. The fourth-order valence-electron chi connectivity index (χ4n) is 1.95. The fraction of sp³-hybridized carbons (Fsp3) is 0.176. The zero-order chi connectivity index (χ0) is 15.9. The summed E-state index contributed by atoms with van der Waals surface area (Å²) in [5, 5.41) is 2.78. The molecule has 2 rings (SSSR count). The van der Waals surface area contributed by atoms with E-state index in [4.69, 9.17) is 4.74 Å². The highest BCUT2D eigenvalue weighted by Crippen LogP contribution is 2.24. The summed E-state index contributed by atoms with van der Waals surface area (Å²) in [6.45, 7) is 2.38. The minimum Gasteiger partial charge on any atom is -0.492 e. The summed E-state index contributed by atoms with van der Waals surface area (Å²) >= 11 is 0. The van der Waals surface area contributed by atoms with Gasteiger partial charge in [-0.15, -0.1) is 0 Å². The molecule has 0 saturated carbocycles. The molecule has 0 heterocycles. The van der Waals surface area contributed by atoms with Crippen molar-refractivity contribution >= 4 is 17.6 Å². The SMILES string of the molecule is CCOc1ccccc1NC(=O)c1cccc(C(=O)OC)c1. The summed E-state index contributed by atoms with van der Waals surface area (Å²) in [5.74, 6) is -0.204. The van der Waals surface area contributed by atoms with Crippen molar-refractivity contribution in [1.29, 1.82) is 0 Å². The third-order valence-electron chi connectivity index (χ3n) is 2.98. The molecule has 0 aliphatic rings. The van der Waals surface area contributed by atoms with Crippen LogP contribution in [0.1, 0.15) is 27.6 Å². The van der Waals surface area contributed by atoms with Crippen molar-refractivity contribution < 1.29 is 19.1 Å². The van der Waals surface area contributed by atoms with Crippen LogP contribution in [0.2, 0.25) is 0 Å². The molecule has 0 fully saturated rings. The first-order chi connectivity index (χ1) is 10.7. The smallest absolute Gasteiger partial charge is 0.337 e. The zero-order valence-electron chi connectivity index (χ0n) is 12.5. The Morgan fingerprint density at radius 2 is 1.77 bits per heavy atom. The lowest BCUT2D eigenvalue weighted by atomic mass is 10.1. The van der Waals surface area contributed by atoms with Crippen molar-refractivity contribution in [3.05, 3.63) is 59.7 Å². The molecule has 114 valence electrons. The number of para-hydroxylation sites is 2. The minimum atomic E-state index is -0.482. The number of hydrogen-bond donors (Lipinski definition) is 1. The van der Waals surface area contributed by atoms with Crippen LogP contribution in [0.3, 0.4) is 0 Å². The summed E-state index contributed by atoms with van der Waals surface area (Å²) in [4.78, 5) is 23.8. The molecule has 0 unspecified atom stereocenters. The van der Waals surface area contributed by atoms with Gasteiger partial charge in [0.25, 0.3) is 5.91 Å². The number of rotatable bonds is 5. The number of anilines is 1. The largest absolute Gasteiger partial charge is 0.492 e. The molecule has 0 aromatic heterocycles. The van der Waals surface area contributed by atoms with Gasteiger partial charge in [0.05, 0.1) is 25.0 Å². The van der Waals surface area contributed by atoms with Crippen LogP contribution in [0.4, 0.5) is 5.69 Å². The first-order valence-electron chi connectivity index (χ1n) is 6.87. The van der Waals surface area contributed by atoms with Crippen LogP contribution in [-0.2, 0) is 4.74 Å². The Labute approximate surface area is 128 Å². The number of amides is 1. The molecule has 2 aromatic carbocycles. The molecule has 0 aliphatic heterocycles. The monoisotopic (exact) mass is 299 g/mol. The summed E-state index contributed by atoms with van der Waals surface area (Å²) in [5.41, 5.74) is 1.28. The number of ether oxygens (including phenoxy) is 2. The van der Waals surface area contributed by atoms with Gasteiger partial charge in [0.2, 0.25) is 0 Å².